The normalized spacial score (nSPS) is 11.0. The lowest BCUT2D eigenvalue weighted by Crippen LogP contribution is -2.19. The van der Waals surface area contributed by atoms with Crippen LogP contribution >= 0.6 is 11.8 Å². The van der Waals surface area contributed by atoms with Crippen LogP contribution in [0.5, 0.6) is 0 Å². The van der Waals surface area contributed by atoms with Crippen LogP contribution in [-0.4, -0.2) is 16.5 Å². The van der Waals surface area contributed by atoms with Crippen LogP contribution < -0.4 is 5.32 Å². The molecule has 0 atom stereocenters. The number of rotatable bonds is 6. The van der Waals surface area contributed by atoms with E-state index in [1.165, 1.54) is 16.0 Å². The van der Waals surface area contributed by atoms with E-state index >= 15 is 0 Å². The number of nitrogens with one attached hydrogen (secondary N) is 1. The summed E-state index contributed by atoms with van der Waals surface area (Å²) in [4.78, 5) is 9.49. The van der Waals surface area contributed by atoms with Crippen LogP contribution in [0.2, 0.25) is 0 Å². The third kappa shape index (κ3) is 4.62. The van der Waals surface area contributed by atoms with E-state index in [2.05, 4.69) is 54.3 Å². The molecule has 0 aliphatic rings. The van der Waals surface area contributed by atoms with Gasteiger partial charge in [0.15, 0.2) is 0 Å². The van der Waals surface area contributed by atoms with Gasteiger partial charge in [0, 0.05) is 17.6 Å². The molecule has 0 spiro atoms. The van der Waals surface area contributed by atoms with Gasteiger partial charge in [-0.15, -0.1) is 0 Å². The first-order valence-corrected chi connectivity index (χ1v) is 7.71. The number of benzene rings is 1. The molecule has 0 saturated heterocycles. The second-order valence-electron chi connectivity index (χ2n) is 5.29. The maximum atomic E-state index is 4.28. The molecule has 0 amide bonds. The number of aryl methyl sites for hydroxylation is 1. The number of nitrogens with zero attached hydrogens (tertiary/aromatic N) is 2. The second-order valence-corrected chi connectivity index (χ2v) is 6.35. The molecule has 2 aromatic rings. The van der Waals surface area contributed by atoms with Gasteiger partial charge in [-0.2, -0.15) is 0 Å². The summed E-state index contributed by atoms with van der Waals surface area (Å²) in [5.74, 6) is 0.665. The Morgan fingerprint density at radius 3 is 2.80 bits per heavy atom. The van der Waals surface area contributed by atoms with Gasteiger partial charge in [-0.3, -0.25) is 0 Å². The lowest BCUT2D eigenvalue weighted by molar-refractivity contribution is 0.550. The molecule has 1 heterocycles. The predicted octanol–water partition coefficient (Wildman–Crippen LogP) is 3.68. The summed E-state index contributed by atoms with van der Waals surface area (Å²) in [6.07, 6.45) is 3.37. The summed E-state index contributed by atoms with van der Waals surface area (Å²) < 4.78 is 0. The molecule has 0 radical (unpaired) electrons. The number of hydrogen-bond donors (Lipinski definition) is 1. The molecule has 0 unspecified atom stereocenters. The van der Waals surface area contributed by atoms with Crippen molar-refractivity contribution in [1.29, 1.82) is 0 Å². The first-order chi connectivity index (χ1) is 9.65. The van der Waals surface area contributed by atoms with Gasteiger partial charge >= 0.3 is 0 Å². The molecular formula is C16H21N3S. The molecule has 0 saturated carbocycles. The SMILES string of the molecule is Cc1ccc(Sc2ccncn2)c(CNCC(C)C)c1. The number of aromatic nitrogens is 2. The van der Waals surface area contributed by atoms with Crippen LogP contribution in [0, 0.1) is 12.8 Å². The smallest absolute Gasteiger partial charge is 0.116 e. The third-order valence-electron chi connectivity index (χ3n) is 2.85. The summed E-state index contributed by atoms with van der Waals surface area (Å²) in [7, 11) is 0. The average molecular weight is 287 g/mol. The first kappa shape index (κ1) is 15.0. The van der Waals surface area contributed by atoms with E-state index in [4.69, 9.17) is 0 Å². The van der Waals surface area contributed by atoms with Crippen molar-refractivity contribution in [3.8, 4) is 0 Å². The van der Waals surface area contributed by atoms with Gasteiger partial charge < -0.3 is 5.32 Å². The van der Waals surface area contributed by atoms with E-state index in [1.807, 2.05) is 6.07 Å². The van der Waals surface area contributed by atoms with Gasteiger partial charge in [0.1, 0.15) is 11.4 Å². The average Bonchev–Trinajstić information content (AvgIpc) is 2.42. The van der Waals surface area contributed by atoms with Crippen LogP contribution in [0.4, 0.5) is 0 Å². The van der Waals surface area contributed by atoms with E-state index in [0.29, 0.717) is 5.92 Å². The highest BCUT2D eigenvalue weighted by Crippen LogP contribution is 2.29. The Labute approximate surface area is 125 Å². The minimum Gasteiger partial charge on any atom is -0.312 e. The van der Waals surface area contributed by atoms with Crippen molar-refractivity contribution in [2.45, 2.75) is 37.2 Å². The van der Waals surface area contributed by atoms with Crippen molar-refractivity contribution >= 4 is 11.8 Å². The van der Waals surface area contributed by atoms with E-state index in [1.54, 1.807) is 24.3 Å². The predicted molar refractivity (Wildman–Crippen MR) is 83.9 cm³/mol. The topological polar surface area (TPSA) is 37.8 Å². The Balaban J connectivity index is 2.11. The molecule has 0 bridgehead atoms. The molecule has 106 valence electrons. The van der Waals surface area contributed by atoms with Crippen molar-refractivity contribution < 1.29 is 0 Å². The van der Waals surface area contributed by atoms with Crippen molar-refractivity contribution in [3.05, 3.63) is 47.9 Å². The fourth-order valence-corrected chi connectivity index (χ4v) is 2.75. The molecule has 0 aliphatic carbocycles. The summed E-state index contributed by atoms with van der Waals surface area (Å²) in [5.41, 5.74) is 2.62. The third-order valence-corrected chi connectivity index (χ3v) is 3.92. The minimum absolute atomic E-state index is 0.665. The zero-order chi connectivity index (χ0) is 14.4. The zero-order valence-electron chi connectivity index (χ0n) is 12.3. The Morgan fingerprint density at radius 1 is 1.25 bits per heavy atom. The van der Waals surface area contributed by atoms with Crippen molar-refractivity contribution in [1.82, 2.24) is 15.3 Å². The number of hydrogen-bond acceptors (Lipinski definition) is 4. The Bertz CT molecular complexity index is 541. The van der Waals surface area contributed by atoms with E-state index in [0.717, 1.165) is 18.1 Å². The van der Waals surface area contributed by atoms with Crippen LogP contribution in [0.3, 0.4) is 0 Å². The van der Waals surface area contributed by atoms with E-state index < -0.39 is 0 Å². The largest absolute Gasteiger partial charge is 0.312 e. The van der Waals surface area contributed by atoms with Crippen LogP contribution in [0.25, 0.3) is 0 Å². The van der Waals surface area contributed by atoms with Gasteiger partial charge in [-0.05, 0) is 37.1 Å². The molecule has 1 aromatic heterocycles. The van der Waals surface area contributed by atoms with Crippen LogP contribution in [-0.2, 0) is 6.54 Å². The van der Waals surface area contributed by atoms with E-state index in [9.17, 15) is 0 Å². The quantitative estimate of drug-likeness (QED) is 0.822. The molecule has 0 aliphatic heterocycles. The zero-order valence-corrected chi connectivity index (χ0v) is 13.1. The maximum Gasteiger partial charge on any atom is 0.116 e. The summed E-state index contributed by atoms with van der Waals surface area (Å²) in [6, 6.07) is 8.51. The maximum absolute atomic E-state index is 4.28. The van der Waals surface area contributed by atoms with E-state index in [-0.39, 0.29) is 0 Å². The Morgan fingerprint density at radius 2 is 2.10 bits per heavy atom. The summed E-state index contributed by atoms with van der Waals surface area (Å²) in [5, 5.41) is 4.49. The summed E-state index contributed by atoms with van der Waals surface area (Å²) >= 11 is 1.69. The fourth-order valence-electron chi connectivity index (χ4n) is 1.89. The molecule has 4 heteroatoms. The minimum atomic E-state index is 0.665. The van der Waals surface area contributed by atoms with Crippen LogP contribution in [0.15, 0.2) is 46.7 Å². The second kappa shape index (κ2) is 7.41. The first-order valence-electron chi connectivity index (χ1n) is 6.89. The lowest BCUT2D eigenvalue weighted by Gasteiger charge is -2.12. The highest BCUT2D eigenvalue weighted by Gasteiger charge is 2.06. The molecular weight excluding hydrogens is 266 g/mol. The van der Waals surface area contributed by atoms with Crippen molar-refractivity contribution in [3.63, 3.8) is 0 Å². The standard InChI is InChI=1S/C16H21N3S/c1-12(2)9-18-10-14-8-13(3)4-5-15(14)20-16-6-7-17-11-19-16/h4-8,11-12,18H,9-10H2,1-3H3. The van der Waals surface area contributed by atoms with Crippen molar-refractivity contribution in [2.75, 3.05) is 6.54 Å². The fraction of sp³-hybridized carbons (Fsp3) is 0.375. The van der Waals surface area contributed by atoms with Gasteiger partial charge in [0.05, 0.1) is 0 Å². The molecule has 1 aromatic carbocycles. The molecule has 2 rings (SSSR count). The Kier molecular flexibility index (Phi) is 5.56. The molecule has 0 fully saturated rings. The van der Waals surface area contributed by atoms with Gasteiger partial charge in [0.2, 0.25) is 0 Å². The molecule has 1 N–H and O–H groups in total. The Hall–Kier alpha value is -1.39. The van der Waals surface area contributed by atoms with Gasteiger partial charge in [-0.25, -0.2) is 9.97 Å². The molecule has 3 nitrogen and oxygen atoms in total. The van der Waals surface area contributed by atoms with Crippen molar-refractivity contribution in [2.24, 2.45) is 5.92 Å². The highest BCUT2D eigenvalue weighted by atomic mass is 32.2. The highest BCUT2D eigenvalue weighted by molar-refractivity contribution is 7.99. The monoisotopic (exact) mass is 287 g/mol. The lowest BCUT2D eigenvalue weighted by atomic mass is 10.1. The van der Waals surface area contributed by atoms with Crippen LogP contribution in [0.1, 0.15) is 25.0 Å². The van der Waals surface area contributed by atoms with Gasteiger partial charge in [-0.1, -0.05) is 43.3 Å². The van der Waals surface area contributed by atoms with Gasteiger partial charge in [0.25, 0.3) is 0 Å². The summed E-state index contributed by atoms with van der Waals surface area (Å²) in [6.45, 7) is 8.50. The molecule has 20 heavy (non-hydrogen) atoms.